The SMILES string of the molecule is Cc1ccc(C(F)(F)CC2CCCNC2)c(C)c1C. The summed E-state index contributed by atoms with van der Waals surface area (Å²) in [6.07, 6.45) is 1.88. The Hall–Kier alpha value is -0.960. The van der Waals surface area contributed by atoms with Gasteiger partial charge in [0.05, 0.1) is 0 Å². The van der Waals surface area contributed by atoms with Crippen LogP contribution in [0.15, 0.2) is 12.1 Å². The zero-order valence-corrected chi connectivity index (χ0v) is 12.0. The van der Waals surface area contributed by atoms with E-state index in [2.05, 4.69) is 5.32 Å². The zero-order chi connectivity index (χ0) is 14.0. The molecule has 2 rings (SSSR count). The van der Waals surface area contributed by atoms with Crippen molar-refractivity contribution in [3.8, 4) is 0 Å². The van der Waals surface area contributed by atoms with Crippen molar-refractivity contribution in [2.24, 2.45) is 5.92 Å². The van der Waals surface area contributed by atoms with Crippen molar-refractivity contribution < 1.29 is 8.78 Å². The van der Waals surface area contributed by atoms with E-state index >= 15 is 0 Å². The molecule has 3 heteroatoms. The van der Waals surface area contributed by atoms with Crippen LogP contribution in [-0.2, 0) is 5.92 Å². The second-order valence-electron chi connectivity index (χ2n) is 5.80. The lowest BCUT2D eigenvalue weighted by Gasteiger charge is -2.28. The van der Waals surface area contributed by atoms with Gasteiger partial charge in [-0.15, -0.1) is 0 Å². The minimum absolute atomic E-state index is 0.0384. The highest BCUT2D eigenvalue weighted by Gasteiger charge is 2.36. The van der Waals surface area contributed by atoms with Crippen molar-refractivity contribution in [3.05, 3.63) is 34.4 Å². The van der Waals surface area contributed by atoms with E-state index in [9.17, 15) is 8.78 Å². The molecule has 0 saturated carbocycles. The van der Waals surface area contributed by atoms with Crippen molar-refractivity contribution >= 4 is 0 Å². The first kappa shape index (κ1) is 14.4. The highest BCUT2D eigenvalue weighted by molar-refractivity contribution is 5.40. The molecule has 0 amide bonds. The molecule has 1 aliphatic heterocycles. The lowest BCUT2D eigenvalue weighted by Crippen LogP contribution is -2.33. The average Bonchev–Trinajstić information content (AvgIpc) is 2.36. The largest absolute Gasteiger partial charge is 0.316 e. The van der Waals surface area contributed by atoms with Crippen LogP contribution in [-0.4, -0.2) is 13.1 Å². The second kappa shape index (κ2) is 5.58. The van der Waals surface area contributed by atoms with Crippen LogP contribution in [0.2, 0.25) is 0 Å². The van der Waals surface area contributed by atoms with Crippen LogP contribution in [0.5, 0.6) is 0 Å². The van der Waals surface area contributed by atoms with Crippen LogP contribution in [0, 0.1) is 26.7 Å². The van der Waals surface area contributed by atoms with Gasteiger partial charge in [-0.2, -0.15) is 0 Å². The molecule has 1 aliphatic rings. The molecule has 0 radical (unpaired) electrons. The average molecular weight is 267 g/mol. The fourth-order valence-electron chi connectivity index (χ4n) is 2.92. The van der Waals surface area contributed by atoms with Gasteiger partial charge in [-0.3, -0.25) is 0 Å². The van der Waals surface area contributed by atoms with Crippen LogP contribution in [0.1, 0.15) is 41.5 Å². The molecule has 1 aromatic rings. The predicted molar refractivity (Wildman–Crippen MR) is 74.8 cm³/mol. The number of benzene rings is 1. The number of hydrogen-bond donors (Lipinski definition) is 1. The quantitative estimate of drug-likeness (QED) is 0.869. The number of alkyl halides is 2. The van der Waals surface area contributed by atoms with Crippen molar-refractivity contribution in [1.29, 1.82) is 0 Å². The van der Waals surface area contributed by atoms with E-state index in [0.717, 1.165) is 42.6 Å². The molecule has 1 fully saturated rings. The lowest BCUT2D eigenvalue weighted by atomic mass is 9.87. The number of piperidine rings is 1. The monoisotopic (exact) mass is 267 g/mol. The Bertz CT molecular complexity index is 448. The first-order valence-corrected chi connectivity index (χ1v) is 7.07. The summed E-state index contributed by atoms with van der Waals surface area (Å²) in [4.78, 5) is 0. The van der Waals surface area contributed by atoms with Crippen LogP contribution in [0.3, 0.4) is 0 Å². The highest BCUT2D eigenvalue weighted by atomic mass is 19.3. The standard InChI is InChI=1S/C16H23F2N/c1-11-6-7-15(13(3)12(11)2)16(17,18)9-14-5-4-8-19-10-14/h6-7,14,19H,4-5,8-10H2,1-3H3. The highest BCUT2D eigenvalue weighted by Crippen LogP contribution is 2.39. The summed E-state index contributed by atoms with van der Waals surface area (Å²) in [5.41, 5.74) is 3.02. The molecule has 1 aromatic carbocycles. The number of hydrogen-bond acceptors (Lipinski definition) is 1. The van der Waals surface area contributed by atoms with Crippen LogP contribution >= 0.6 is 0 Å². The number of nitrogens with one attached hydrogen (secondary N) is 1. The summed E-state index contributed by atoms with van der Waals surface area (Å²) in [5.74, 6) is -2.63. The molecule has 1 atom stereocenters. The van der Waals surface area contributed by atoms with Gasteiger partial charge >= 0.3 is 0 Å². The van der Waals surface area contributed by atoms with Gasteiger partial charge in [0, 0.05) is 12.0 Å². The summed E-state index contributed by atoms with van der Waals surface area (Å²) < 4.78 is 29.0. The van der Waals surface area contributed by atoms with E-state index < -0.39 is 5.92 Å². The lowest BCUT2D eigenvalue weighted by molar-refractivity contribution is -0.0323. The van der Waals surface area contributed by atoms with E-state index in [1.54, 1.807) is 6.07 Å². The summed E-state index contributed by atoms with van der Waals surface area (Å²) >= 11 is 0. The summed E-state index contributed by atoms with van der Waals surface area (Å²) in [5, 5.41) is 3.21. The smallest absolute Gasteiger partial charge is 0.273 e. The van der Waals surface area contributed by atoms with Crippen molar-refractivity contribution in [3.63, 3.8) is 0 Å². The third kappa shape index (κ3) is 3.14. The summed E-state index contributed by atoms with van der Waals surface area (Å²) in [6, 6.07) is 3.42. The molecule has 19 heavy (non-hydrogen) atoms. The van der Waals surface area contributed by atoms with Gasteiger partial charge in [0.2, 0.25) is 0 Å². The fraction of sp³-hybridized carbons (Fsp3) is 0.625. The Labute approximate surface area is 114 Å². The van der Waals surface area contributed by atoms with Crippen molar-refractivity contribution in [2.75, 3.05) is 13.1 Å². The van der Waals surface area contributed by atoms with Crippen molar-refractivity contribution in [1.82, 2.24) is 5.32 Å². The van der Waals surface area contributed by atoms with Gasteiger partial charge in [-0.25, -0.2) is 8.78 Å². The van der Waals surface area contributed by atoms with E-state index in [-0.39, 0.29) is 17.9 Å². The molecule has 1 nitrogen and oxygen atoms in total. The molecule has 1 N–H and O–H groups in total. The summed E-state index contributed by atoms with van der Waals surface area (Å²) in [7, 11) is 0. The Balaban J connectivity index is 2.21. The molecule has 0 aromatic heterocycles. The maximum Gasteiger partial charge on any atom is 0.273 e. The van der Waals surface area contributed by atoms with Gasteiger partial charge in [0.15, 0.2) is 0 Å². The number of aryl methyl sites for hydroxylation is 1. The van der Waals surface area contributed by atoms with Gasteiger partial charge in [-0.1, -0.05) is 12.1 Å². The second-order valence-corrected chi connectivity index (χ2v) is 5.80. The van der Waals surface area contributed by atoms with E-state index in [4.69, 9.17) is 0 Å². The fourth-order valence-corrected chi connectivity index (χ4v) is 2.92. The molecule has 1 unspecified atom stereocenters. The Morgan fingerprint density at radius 2 is 1.95 bits per heavy atom. The molecular weight excluding hydrogens is 244 g/mol. The molecule has 0 spiro atoms. The Kier molecular flexibility index (Phi) is 4.24. The minimum atomic E-state index is -2.72. The van der Waals surface area contributed by atoms with E-state index in [0.29, 0.717) is 0 Å². The first-order chi connectivity index (χ1) is 8.92. The zero-order valence-electron chi connectivity index (χ0n) is 12.0. The van der Waals surface area contributed by atoms with Gasteiger partial charge < -0.3 is 5.32 Å². The molecule has 0 bridgehead atoms. The van der Waals surface area contributed by atoms with Gasteiger partial charge in [-0.05, 0) is 69.3 Å². The Morgan fingerprint density at radius 3 is 2.58 bits per heavy atom. The maximum absolute atomic E-state index is 14.5. The van der Waals surface area contributed by atoms with Crippen LogP contribution in [0.25, 0.3) is 0 Å². The number of halogens is 2. The van der Waals surface area contributed by atoms with Gasteiger partial charge in [0.1, 0.15) is 0 Å². The molecule has 1 saturated heterocycles. The maximum atomic E-state index is 14.5. The number of rotatable bonds is 3. The van der Waals surface area contributed by atoms with Crippen LogP contribution in [0.4, 0.5) is 8.78 Å². The third-order valence-electron chi connectivity index (χ3n) is 4.40. The molecule has 1 heterocycles. The summed E-state index contributed by atoms with van der Waals surface area (Å²) in [6.45, 7) is 7.39. The first-order valence-electron chi connectivity index (χ1n) is 7.07. The minimum Gasteiger partial charge on any atom is -0.316 e. The third-order valence-corrected chi connectivity index (χ3v) is 4.40. The van der Waals surface area contributed by atoms with E-state index in [1.807, 2.05) is 26.8 Å². The van der Waals surface area contributed by atoms with Crippen molar-refractivity contribution in [2.45, 2.75) is 46.0 Å². The Morgan fingerprint density at radius 1 is 1.21 bits per heavy atom. The molecular formula is C16H23F2N. The normalized spacial score (nSPS) is 20.6. The molecule has 0 aliphatic carbocycles. The van der Waals surface area contributed by atoms with Crippen LogP contribution < -0.4 is 5.32 Å². The molecule has 106 valence electrons. The predicted octanol–water partition coefficient (Wildman–Crippen LogP) is 4.09. The van der Waals surface area contributed by atoms with Gasteiger partial charge in [0.25, 0.3) is 5.92 Å². The van der Waals surface area contributed by atoms with E-state index in [1.165, 1.54) is 0 Å². The topological polar surface area (TPSA) is 12.0 Å².